The molecule has 0 N–H and O–H groups in total. The number of fused-ring (bicyclic) bond motifs is 2. The second kappa shape index (κ2) is 7.43. The Hall–Kier alpha value is -3.61. The minimum Gasteiger partial charge on any atom is -0.497 e. The van der Waals surface area contributed by atoms with Gasteiger partial charge in [-0.15, -0.1) is 0 Å². The van der Waals surface area contributed by atoms with Gasteiger partial charge in [0.25, 0.3) is 0 Å². The van der Waals surface area contributed by atoms with Crippen molar-refractivity contribution < 1.29 is 19.0 Å². The summed E-state index contributed by atoms with van der Waals surface area (Å²) in [4.78, 5) is 21.2. The van der Waals surface area contributed by atoms with Gasteiger partial charge in [-0.1, -0.05) is 12.1 Å². The normalized spacial score (nSPS) is 11.0. The maximum absolute atomic E-state index is 12.1. The van der Waals surface area contributed by atoms with Gasteiger partial charge < -0.3 is 14.2 Å². The van der Waals surface area contributed by atoms with E-state index in [0.717, 1.165) is 33.1 Å². The molecule has 0 radical (unpaired) electrons. The van der Waals surface area contributed by atoms with Gasteiger partial charge in [-0.2, -0.15) is 9.97 Å². The van der Waals surface area contributed by atoms with Crippen LogP contribution in [0.5, 0.6) is 11.8 Å². The zero-order chi connectivity index (χ0) is 20.5. The summed E-state index contributed by atoms with van der Waals surface area (Å²) >= 11 is 0. The number of carbonyl (C=O) groups is 1. The van der Waals surface area contributed by atoms with E-state index >= 15 is 0 Å². The lowest BCUT2D eigenvalue weighted by molar-refractivity contribution is -0.139. The molecule has 0 aliphatic heterocycles. The smallest absolute Gasteiger partial charge is 0.318 e. The Balaban J connectivity index is 2.08. The highest BCUT2D eigenvalue weighted by molar-refractivity contribution is 5.94. The zero-order valence-electron chi connectivity index (χ0n) is 16.7. The second-order valence-electron chi connectivity index (χ2n) is 6.59. The van der Waals surface area contributed by atoms with Gasteiger partial charge in [0.1, 0.15) is 5.75 Å². The molecule has 0 unspecified atom stereocenters. The van der Waals surface area contributed by atoms with E-state index in [1.165, 1.54) is 7.11 Å². The highest BCUT2D eigenvalue weighted by atomic mass is 16.5. The van der Waals surface area contributed by atoms with E-state index in [2.05, 4.69) is 9.97 Å². The predicted octanol–water partition coefficient (Wildman–Crippen LogP) is 3.61. The van der Waals surface area contributed by atoms with Crippen molar-refractivity contribution in [1.82, 2.24) is 14.5 Å². The molecule has 4 aromatic rings. The number of esters is 1. The van der Waals surface area contributed by atoms with E-state index in [-0.39, 0.29) is 18.4 Å². The number of methoxy groups -OCH3 is 3. The summed E-state index contributed by atoms with van der Waals surface area (Å²) in [5, 5.41) is 1.79. The lowest BCUT2D eigenvalue weighted by Crippen LogP contribution is -2.07. The minimum atomic E-state index is -0.305. The van der Waals surface area contributed by atoms with Crippen molar-refractivity contribution in [3.05, 3.63) is 53.7 Å². The van der Waals surface area contributed by atoms with Gasteiger partial charge in [-0.05, 0) is 42.8 Å². The molecule has 2 aromatic heterocycles. The van der Waals surface area contributed by atoms with Crippen molar-refractivity contribution in [2.24, 2.45) is 0 Å². The van der Waals surface area contributed by atoms with Crippen molar-refractivity contribution >= 4 is 27.8 Å². The highest BCUT2D eigenvalue weighted by Crippen LogP contribution is 2.34. The number of benzene rings is 2. The summed E-state index contributed by atoms with van der Waals surface area (Å²) in [6.45, 7) is 1.97. The van der Waals surface area contributed by atoms with Crippen LogP contribution in [-0.4, -0.2) is 41.8 Å². The highest BCUT2D eigenvalue weighted by Gasteiger charge is 2.21. The maximum Gasteiger partial charge on any atom is 0.318 e. The van der Waals surface area contributed by atoms with Crippen LogP contribution in [0.1, 0.15) is 11.3 Å². The summed E-state index contributed by atoms with van der Waals surface area (Å²) in [5.74, 6) is 1.10. The molecule has 0 fully saturated rings. The molecule has 2 aromatic carbocycles. The lowest BCUT2D eigenvalue weighted by Gasteiger charge is -2.12. The molecular formula is C22H21N3O4. The fourth-order valence-corrected chi connectivity index (χ4v) is 3.60. The summed E-state index contributed by atoms with van der Waals surface area (Å²) in [5.41, 5.74) is 3.45. The largest absolute Gasteiger partial charge is 0.497 e. The van der Waals surface area contributed by atoms with Crippen LogP contribution in [-0.2, 0) is 16.0 Å². The van der Waals surface area contributed by atoms with E-state index in [1.807, 2.05) is 54.0 Å². The van der Waals surface area contributed by atoms with Gasteiger partial charge in [-0.25, -0.2) is 0 Å². The molecule has 2 heterocycles. The number of hydrogen-bond acceptors (Lipinski definition) is 6. The first-order chi connectivity index (χ1) is 14.1. The van der Waals surface area contributed by atoms with Crippen LogP contribution >= 0.6 is 0 Å². The number of ether oxygens (including phenoxy) is 3. The zero-order valence-corrected chi connectivity index (χ0v) is 16.7. The summed E-state index contributed by atoms with van der Waals surface area (Å²) in [6, 6.07) is 13.8. The number of aromatic nitrogens is 3. The van der Waals surface area contributed by atoms with Crippen LogP contribution in [0.3, 0.4) is 0 Å². The molecule has 0 saturated carbocycles. The van der Waals surface area contributed by atoms with Crippen LogP contribution in [0.4, 0.5) is 0 Å². The van der Waals surface area contributed by atoms with Gasteiger partial charge >= 0.3 is 12.0 Å². The van der Waals surface area contributed by atoms with E-state index in [4.69, 9.17) is 14.2 Å². The molecule has 0 amide bonds. The SMILES string of the molecule is COC(=O)Cc1c(C)n(-c2nc(OC)nc3ccccc23)c2ccc(OC)cc12. The molecule has 0 atom stereocenters. The van der Waals surface area contributed by atoms with E-state index < -0.39 is 0 Å². The molecule has 7 nitrogen and oxygen atoms in total. The fraction of sp³-hybridized carbons (Fsp3) is 0.227. The third-order valence-corrected chi connectivity index (χ3v) is 5.05. The average Bonchev–Trinajstić information content (AvgIpc) is 3.03. The van der Waals surface area contributed by atoms with Crippen LogP contribution in [0.2, 0.25) is 0 Å². The first-order valence-electron chi connectivity index (χ1n) is 9.13. The molecule has 0 aliphatic carbocycles. The maximum atomic E-state index is 12.1. The summed E-state index contributed by atoms with van der Waals surface area (Å²) in [7, 11) is 4.55. The molecule has 0 aliphatic rings. The topological polar surface area (TPSA) is 75.5 Å². The molecular weight excluding hydrogens is 370 g/mol. The third kappa shape index (κ3) is 3.14. The Morgan fingerprint density at radius 2 is 1.79 bits per heavy atom. The molecule has 148 valence electrons. The van der Waals surface area contributed by atoms with Crippen molar-refractivity contribution in [1.29, 1.82) is 0 Å². The summed E-state index contributed by atoms with van der Waals surface area (Å²) in [6.07, 6.45) is 0.152. The van der Waals surface area contributed by atoms with Gasteiger partial charge in [0, 0.05) is 16.5 Å². The minimum absolute atomic E-state index is 0.152. The lowest BCUT2D eigenvalue weighted by atomic mass is 10.1. The van der Waals surface area contributed by atoms with Crippen molar-refractivity contribution in [3.8, 4) is 17.6 Å². The van der Waals surface area contributed by atoms with Crippen molar-refractivity contribution in [2.45, 2.75) is 13.3 Å². The van der Waals surface area contributed by atoms with E-state index in [9.17, 15) is 4.79 Å². The Kier molecular flexibility index (Phi) is 4.80. The van der Waals surface area contributed by atoms with Gasteiger partial charge in [0.05, 0.1) is 38.8 Å². The third-order valence-electron chi connectivity index (χ3n) is 5.05. The molecule has 7 heteroatoms. The van der Waals surface area contributed by atoms with Crippen LogP contribution in [0.15, 0.2) is 42.5 Å². The number of nitrogens with zero attached hydrogens (tertiary/aromatic N) is 3. The standard InChI is InChI=1S/C22H21N3O4/c1-13-16(12-20(26)28-3)17-11-14(27-2)9-10-19(17)25(13)21-15-7-5-6-8-18(15)23-22(24-21)29-4/h5-11H,12H2,1-4H3. The van der Waals surface area contributed by atoms with Crippen LogP contribution < -0.4 is 9.47 Å². The first kappa shape index (κ1) is 18.7. The predicted molar refractivity (Wildman–Crippen MR) is 110 cm³/mol. The Bertz CT molecular complexity index is 1230. The number of hydrogen-bond donors (Lipinski definition) is 0. The molecule has 29 heavy (non-hydrogen) atoms. The molecule has 0 saturated heterocycles. The number of para-hydroxylation sites is 1. The first-order valence-corrected chi connectivity index (χ1v) is 9.13. The Morgan fingerprint density at radius 3 is 2.52 bits per heavy atom. The van der Waals surface area contributed by atoms with Crippen LogP contribution in [0.25, 0.3) is 27.6 Å². The fourth-order valence-electron chi connectivity index (χ4n) is 3.60. The van der Waals surface area contributed by atoms with Crippen molar-refractivity contribution in [3.63, 3.8) is 0 Å². The van der Waals surface area contributed by atoms with Gasteiger partial charge in [0.15, 0.2) is 5.82 Å². The van der Waals surface area contributed by atoms with E-state index in [0.29, 0.717) is 11.6 Å². The van der Waals surface area contributed by atoms with E-state index in [1.54, 1.807) is 14.2 Å². The number of carbonyl (C=O) groups excluding carboxylic acids is 1. The van der Waals surface area contributed by atoms with Gasteiger partial charge in [0.2, 0.25) is 0 Å². The average molecular weight is 391 g/mol. The monoisotopic (exact) mass is 391 g/mol. The molecule has 4 rings (SSSR count). The summed E-state index contributed by atoms with van der Waals surface area (Å²) < 4.78 is 17.7. The quantitative estimate of drug-likeness (QED) is 0.484. The molecule has 0 bridgehead atoms. The van der Waals surface area contributed by atoms with Crippen molar-refractivity contribution in [2.75, 3.05) is 21.3 Å². The Morgan fingerprint density at radius 1 is 1.00 bits per heavy atom. The van der Waals surface area contributed by atoms with Crippen LogP contribution in [0, 0.1) is 6.92 Å². The van der Waals surface area contributed by atoms with Gasteiger partial charge in [-0.3, -0.25) is 9.36 Å². The molecule has 0 spiro atoms. The number of rotatable bonds is 5. The Labute approximate surface area is 167 Å². The second-order valence-corrected chi connectivity index (χ2v) is 6.59.